The molecule has 0 unspecified atom stereocenters. The highest BCUT2D eigenvalue weighted by atomic mass is 79.9. The van der Waals surface area contributed by atoms with E-state index < -0.39 is 5.33 Å². The second-order valence-corrected chi connectivity index (χ2v) is 12.0. The molecular formula is C9H16Br3OP. The van der Waals surface area contributed by atoms with Crippen molar-refractivity contribution in [3.05, 3.63) is 9.98 Å². The number of ether oxygens (including phenoxy) is 1. The average molecular weight is 411 g/mol. The fraction of sp³-hybridized carbons (Fsp3) is 0.778. The molecule has 0 saturated carbocycles. The topological polar surface area (TPSA) is 9.23 Å². The highest BCUT2D eigenvalue weighted by Crippen LogP contribution is 2.63. The molecule has 84 valence electrons. The molecular weight excluding hydrogens is 395 g/mol. The highest BCUT2D eigenvalue weighted by molar-refractivity contribution is 9.70. The van der Waals surface area contributed by atoms with Gasteiger partial charge in [-0.25, -0.2) is 0 Å². The minimum atomic E-state index is -0.431. The minimum Gasteiger partial charge on any atom is -0.486 e. The van der Waals surface area contributed by atoms with Crippen molar-refractivity contribution in [2.24, 2.45) is 5.92 Å². The molecule has 0 amide bonds. The van der Waals surface area contributed by atoms with Crippen LogP contribution in [-0.2, 0) is 4.74 Å². The van der Waals surface area contributed by atoms with Crippen LogP contribution in [0.2, 0.25) is 0 Å². The normalized spacial score (nSPS) is 13.4. The van der Waals surface area contributed by atoms with Crippen LogP contribution in [0.15, 0.2) is 9.98 Å². The molecule has 0 saturated heterocycles. The number of rotatable bonds is 6. The van der Waals surface area contributed by atoms with Gasteiger partial charge in [0, 0.05) is 5.31 Å². The molecule has 0 aromatic rings. The van der Waals surface area contributed by atoms with Crippen LogP contribution in [0.4, 0.5) is 0 Å². The van der Waals surface area contributed by atoms with Crippen LogP contribution in [0.3, 0.4) is 0 Å². The molecule has 0 aromatic heterocycles. The third-order valence-corrected chi connectivity index (χ3v) is 6.00. The molecule has 0 rings (SSSR count). The third kappa shape index (κ3) is 6.09. The molecule has 0 aliphatic carbocycles. The number of unbranched alkanes of at least 4 members (excludes halogenated alkanes) is 1. The first-order chi connectivity index (χ1) is 6.50. The molecule has 0 radical (unpaired) electrons. The molecule has 0 heterocycles. The van der Waals surface area contributed by atoms with E-state index in [1.54, 1.807) is 0 Å². The van der Waals surface area contributed by atoms with Crippen molar-refractivity contribution in [1.29, 1.82) is 0 Å². The van der Waals surface area contributed by atoms with Crippen LogP contribution in [0.1, 0.15) is 33.6 Å². The molecule has 1 nitrogen and oxygen atoms in total. The molecule has 0 atom stereocenters. The van der Waals surface area contributed by atoms with Gasteiger partial charge in [-0.15, -0.1) is 0 Å². The van der Waals surface area contributed by atoms with Crippen molar-refractivity contribution >= 4 is 52.2 Å². The summed E-state index contributed by atoms with van der Waals surface area (Å²) >= 11 is 10.6. The van der Waals surface area contributed by atoms with Crippen molar-refractivity contribution < 1.29 is 4.74 Å². The smallest absolute Gasteiger partial charge is 0.167 e. The summed E-state index contributed by atoms with van der Waals surface area (Å²) in [6.45, 7) is 7.28. The van der Waals surface area contributed by atoms with E-state index in [1.165, 1.54) is 5.31 Å². The first-order valence-corrected chi connectivity index (χ1v) is 10.8. The fourth-order valence-corrected chi connectivity index (χ4v) is 7.46. The maximum Gasteiger partial charge on any atom is 0.167 e. The average Bonchev–Trinajstić information content (AvgIpc) is 2.03. The highest BCUT2D eigenvalue weighted by Gasteiger charge is 2.16. The van der Waals surface area contributed by atoms with Gasteiger partial charge in [0.05, 0.1) is 11.9 Å². The van der Waals surface area contributed by atoms with Gasteiger partial charge in [0.15, 0.2) is 4.67 Å². The Morgan fingerprint density at radius 3 is 2.29 bits per heavy atom. The summed E-state index contributed by atoms with van der Waals surface area (Å²) in [7, 11) is 0. The monoisotopic (exact) mass is 408 g/mol. The Bertz CT molecular complexity index is 182. The molecule has 14 heavy (non-hydrogen) atoms. The van der Waals surface area contributed by atoms with Crippen molar-refractivity contribution in [3.63, 3.8) is 0 Å². The summed E-state index contributed by atoms with van der Waals surface area (Å²) in [6.07, 6.45) is 2.26. The van der Waals surface area contributed by atoms with Crippen molar-refractivity contribution in [2.45, 2.75) is 33.6 Å². The van der Waals surface area contributed by atoms with Gasteiger partial charge in [0.2, 0.25) is 0 Å². The van der Waals surface area contributed by atoms with Crippen LogP contribution in [0, 0.1) is 5.92 Å². The van der Waals surface area contributed by atoms with Gasteiger partial charge >= 0.3 is 0 Å². The number of allylic oxidation sites excluding steroid dienone is 1. The largest absolute Gasteiger partial charge is 0.486 e. The van der Waals surface area contributed by atoms with E-state index >= 15 is 0 Å². The van der Waals surface area contributed by atoms with E-state index in [2.05, 4.69) is 67.7 Å². The predicted octanol–water partition coefficient (Wildman–Crippen LogP) is 6.12. The molecule has 5 heteroatoms. The van der Waals surface area contributed by atoms with E-state index in [0.29, 0.717) is 5.92 Å². The maximum atomic E-state index is 5.62. The zero-order chi connectivity index (χ0) is 11.1. The Morgan fingerprint density at radius 1 is 1.36 bits per heavy atom. The number of hydrogen-bond donors (Lipinski definition) is 0. The van der Waals surface area contributed by atoms with Gasteiger partial charge in [0.1, 0.15) is 0 Å². The standard InChI is InChI=1S/C9H16Br3OP/c1-4-5-6-13-9(10)8(7(2)3)14(11)12/h7H,4-6H2,1-3H3/b9-8+. The van der Waals surface area contributed by atoms with E-state index in [9.17, 15) is 0 Å². The Hall–Kier alpha value is 1.41. The minimum absolute atomic E-state index is 0.431. The van der Waals surface area contributed by atoms with Crippen LogP contribution in [0.5, 0.6) is 0 Å². The molecule has 0 spiro atoms. The molecule has 0 fully saturated rings. The van der Waals surface area contributed by atoms with Crippen molar-refractivity contribution in [3.8, 4) is 0 Å². The summed E-state index contributed by atoms with van der Waals surface area (Å²) in [5.74, 6) is 0.482. The maximum absolute atomic E-state index is 5.62. The lowest BCUT2D eigenvalue weighted by Crippen LogP contribution is -1.96. The second-order valence-electron chi connectivity index (χ2n) is 3.25. The quantitative estimate of drug-likeness (QED) is 0.291. The Labute approximate surface area is 112 Å². The van der Waals surface area contributed by atoms with Gasteiger partial charge in [-0.3, -0.25) is 0 Å². The Balaban J connectivity index is 4.33. The van der Waals surface area contributed by atoms with Crippen LogP contribution in [0.25, 0.3) is 0 Å². The fourth-order valence-electron chi connectivity index (χ4n) is 0.869. The van der Waals surface area contributed by atoms with E-state index in [4.69, 9.17) is 4.74 Å². The summed E-state index contributed by atoms with van der Waals surface area (Å²) < 4.78 is 6.51. The van der Waals surface area contributed by atoms with Gasteiger partial charge in [0.25, 0.3) is 0 Å². The zero-order valence-electron chi connectivity index (χ0n) is 8.69. The van der Waals surface area contributed by atoms with E-state index in [-0.39, 0.29) is 0 Å². The SMILES string of the molecule is CCCCO/C(Br)=C(\C(C)C)P(Br)Br. The second kappa shape index (κ2) is 8.55. The molecule has 0 aliphatic heterocycles. The van der Waals surface area contributed by atoms with Crippen molar-refractivity contribution in [1.82, 2.24) is 0 Å². The Kier molecular flexibility index (Phi) is 9.41. The van der Waals surface area contributed by atoms with Crippen LogP contribution >= 0.6 is 52.2 Å². The lowest BCUT2D eigenvalue weighted by Gasteiger charge is -2.15. The van der Waals surface area contributed by atoms with Crippen LogP contribution in [-0.4, -0.2) is 6.61 Å². The Morgan fingerprint density at radius 2 is 1.93 bits per heavy atom. The lowest BCUT2D eigenvalue weighted by atomic mass is 10.2. The van der Waals surface area contributed by atoms with Gasteiger partial charge < -0.3 is 4.74 Å². The van der Waals surface area contributed by atoms with E-state index in [0.717, 1.165) is 24.1 Å². The number of hydrogen-bond acceptors (Lipinski definition) is 1. The summed E-state index contributed by atoms with van der Waals surface area (Å²) in [5.41, 5.74) is 0. The molecule has 0 N–H and O–H groups in total. The first kappa shape index (κ1) is 15.4. The summed E-state index contributed by atoms with van der Waals surface area (Å²) in [5, 5.41) is 0.843. The van der Waals surface area contributed by atoms with Gasteiger partial charge in [-0.2, -0.15) is 0 Å². The van der Waals surface area contributed by atoms with Crippen molar-refractivity contribution in [2.75, 3.05) is 6.61 Å². The predicted molar refractivity (Wildman–Crippen MR) is 76.4 cm³/mol. The number of halogens is 3. The van der Waals surface area contributed by atoms with Gasteiger partial charge in [-0.1, -0.05) is 27.2 Å². The van der Waals surface area contributed by atoms with Crippen LogP contribution < -0.4 is 0 Å². The molecule has 0 bridgehead atoms. The molecule has 0 aliphatic rings. The lowest BCUT2D eigenvalue weighted by molar-refractivity contribution is 0.232. The van der Waals surface area contributed by atoms with Gasteiger partial charge in [-0.05, 0) is 59.2 Å². The first-order valence-electron chi connectivity index (χ1n) is 4.64. The molecule has 0 aromatic carbocycles. The summed E-state index contributed by atoms with van der Waals surface area (Å²) in [4.78, 5) is 0. The van der Waals surface area contributed by atoms with E-state index in [1.807, 2.05) is 0 Å². The summed E-state index contributed by atoms with van der Waals surface area (Å²) in [6, 6.07) is 0. The zero-order valence-corrected chi connectivity index (χ0v) is 14.3. The third-order valence-electron chi connectivity index (χ3n) is 1.66.